The molecular formula is C15H26O3SSi. The molecule has 0 aromatic heterocycles. The van der Waals surface area contributed by atoms with Crippen LogP contribution in [0.4, 0.5) is 0 Å². The highest BCUT2D eigenvalue weighted by molar-refractivity contribution is 7.86. The van der Waals surface area contributed by atoms with Gasteiger partial charge in [-0.2, -0.15) is 8.42 Å². The molecule has 0 spiro atoms. The van der Waals surface area contributed by atoms with Crippen molar-refractivity contribution >= 4 is 23.4 Å². The van der Waals surface area contributed by atoms with Crippen LogP contribution in [0.3, 0.4) is 0 Å². The van der Waals surface area contributed by atoms with Crippen LogP contribution in [0.2, 0.25) is 18.1 Å². The molecule has 0 aliphatic heterocycles. The van der Waals surface area contributed by atoms with Gasteiger partial charge in [-0.3, -0.25) is 4.55 Å². The van der Waals surface area contributed by atoms with Crippen LogP contribution in [0.15, 0.2) is 29.2 Å². The summed E-state index contributed by atoms with van der Waals surface area (Å²) in [5.74, 6) is 0. The first kappa shape index (κ1) is 17.4. The van der Waals surface area contributed by atoms with Crippen LogP contribution >= 0.6 is 0 Å². The molecule has 0 fully saturated rings. The summed E-state index contributed by atoms with van der Waals surface area (Å²) in [6.07, 6.45) is 3.18. The van der Waals surface area contributed by atoms with E-state index < -0.39 is 18.2 Å². The van der Waals surface area contributed by atoms with Gasteiger partial charge in [0.2, 0.25) is 0 Å². The first-order valence-electron chi connectivity index (χ1n) is 7.48. The molecule has 0 amide bonds. The van der Waals surface area contributed by atoms with Crippen LogP contribution in [-0.2, 0) is 10.1 Å². The molecule has 1 rings (SSSR count). The number of hydrogen-bond acceptors (Lipinski definition) is 2. The summed E-state index contributed by atoms with van der Waals surface area (Å²) in [5.41, 5.74) is 0. The maximum atomic E-state index is 11.7. The second-order valence-corrected chi connectivity index (χ2v) is 11.5. The van der Waals surface area contributed by atoms with Crippen LogP contribution in [-0.4, -0.2) is 21.0 Å². The van der Waals surface area contributed by atoms with E-state index >= 15 is 0 Å². The second kappa shape index (κ2) is 7.38. The summed E-state index contributed by atoms with van der Waals surface area (Å²) in [6.45, 7) is 6.47. The Morgan fingerprint density at radius 1 is 0.950 bits per heavy atom. The van der Waals surface area contributed by atoms with Gasteiger partial charge in [-0.1, -0.05) is 76.4 Å². The highest BCUT2D eigenvalue weighted by Crippen LogP contribution is 2.28. The van der Waals surface area contributed by atoms with E-state index in [1.165, 1.54) is 0 Å². The highest BCUT2D eigenvalue weighted by Gasteiger charge is 2.36. The Balaban J connectivity index is 3.47. The summed E-state index contributed by atoms with van der Waals surface area (Å²) in [5, 5.41) is 0.924. The van der Waals surface area contributed by atoms with Gasteiger partial charge in [0.15, 0.2) is 0 Å². The molecule has 0 unspecified atom stereocenters. The van der Waals surface area contributed by atoms with Gasteiger partial charge in [-0.05, 0) is 11.3 Å². The molecule has 1 N–H and O–H groups in total. The topological polar surface area (TPSA) is 54.4 Å². The van der Waals surface area contributed by atoms with Crippen molar-refractivity contribution in [3.8, 4) is 0 Å². The zero-order chi connectivity index (χ0) is 15.2. The van der Waals surface area contributed by atoms with E-state index in [0.29, 0.717) is 0 Å². The number of benzene rings is 1. The van der Waals surface area contributed by atoms with Crippen molar-refractivity contribution < 1.29 is 13.0 Å². The van der Waals surface area contributed by atoms with Gasteiger partial charge in [-0.15, -0.1) is 0 Å². The number of rotatable bonds is 8. The Hall–Kier alpha value is -0.653. The van der Waals surface area contributed by atoms with E-state index in [9.17, 15) is 13.0 Å². The monoisotopic (exact) mass is 314 g/mol. The van der Waals surface area contributed by atoms with E-state index in [1.807, 2.05) is 12.1 Å². The minimum Gasteiger partial charge on any atom is -0.282 e. The van der Waals surface area contributed by atoms with Crippen LogP contribution in [0, 0.1) is 0 Å². The first-order valence-corrected chi connectivity index (χ1v) is 11.5. The van der Waals surface area contributed by atoms with E-state index in [0.717, 1.165) is 42.6 Å². The quantitative estimate of drug-likeness (QED) is 0.586. The maximum absolute atomic E-state index is 11.7. The molecule has 3 nitrogen and oxygen atoms in total. The molecular weight excluding hydrogens is 288 g/mol. The average Bonchev–Trinajstić information content (AvgIpc) is 2.38. The fraction of sp³-hybridized carbons (Fsp3) is 0.600. The molecule has 0 radical (unpaired) electrons. The highest BCUT2D eigenvalue weighted by atomic mass is 32.2. The van der Waals surface area contributed by atoms with Gasteiger partial charge in [0.25, 0.3) is 10.1 Å². The van der Waals surface area contributed by atoms with Crippen molar-refractivity contribution in [3.63, 3.8) is 0 Å². The lowest BCUT2D eigenvalue weighted by molar-refractivity contribution is 0.483. The normalized spacial score (nSPS) is 12.6. The van der Waals surface area contributed by atoms with Crippen LogP contribution in [0.1, 0.15) is 40.0 Å². The third kappa shape index (κ3) is 3.93. The Kier molecular flexibility index (Phi) is 6.42. The molecule has 5 heteroatoms. The summed E-state index contributed by atoms with van der Waals surface area (Å²) >= 11 is 0. The zero-order valence-corrected chi connectivity index (χ0v) is 14.5. The Morgan fingerprint density at radius 2 is 1.40 bits per heavy atom. The number of hydrogen-bond donors (Lipinski definition) is 1. The molecule has 20 heavy (non-hydrogen) atoms. The summed E-state index contributed by atoms with van der Waals surface area (Å²) < 4.78 is 32.9. The smallest absolute Gasteiger partial charge is 0.282 e. The van der Waals surface area contributed by atoms with Crippen LogP contribution < -0.4 is 5.19 Å². The van der Waals surface area contributed by atoms with E-state index in [-0.39, 0.29) is 4.90 Å². The predicted octanol–water partition coefficient (Wildman–Crippen LogP) is 3.82. The largest absolute Gasteiger partial charge is 0.294 e. The Bertz CT molecular complexity index is 509. The first-order chi connectivity index (χ1) is 9.41. The molecule has 0 aliphatic rings. The van der Waals surface area contributed by atoms with Crippen molar-refractivity contribution in [2.75, 3.05) is 0 Å². The average molecular weight is 315 g/mol. The fourth-order valence-electron chi connectivity index (χ4n) is 3.34. The van der Waals surface area contributed by atoms with Gasteiger partial charge in [0.1, 0.15) is 0 Å². The summed E-state index contributed by atoms with van der Waals surface area (Å²) in [6, 6.07) is 10.3. The molecule has 1 aromatic carbocycles. The molecule has 0 saturated carbocycles. The van der Waals surface area contributed by atoms with Gasteiger partial charge in [-0.25, -0.2) is 0 Å². The van der Waals surface area contributed by atoms with Gasteiger partial charge in [0.05, 0.1) is 13.0 Å². The predicted molar refractivity (Wildman–Crippen MR) is 86.9 cm³/mol. The van der Waals surface area contributed by atoms with Gasteiger partial charge in [0, 0.05) is 0 Å². The lowest BCUT2D eigenvalue weighted by Gasteiger charge is -2.33. The van der Waals surface area contributed by atoms with Crippen molar-refractivity contribution in [2.45, 2.75) is 63.1 Å². The van der Waals surface area contributed by atoms with Crippen molar-refractivity contribution in [1.82, 2.24) is 0 Å². The third-order valence-corrected chi connectivity index (χ3v) is 11.0. The van der Waals surface area contributed by atoms with Crippen molar-refractivity contribution in [3.05, 3.63) is 24.3 Å². The van der Waals surface area contributed by atoms with E-state index in [2.05, 4.69) is 20.8 Å². The lowest BCUT2D eigenvalue weighted by Crippen LogP contribution is -2.49. The molecule has 0 saturated heterocycles. The lowest BCUT2D eigenvalue weighted by atomic mass is 10.4. The van der Waals surface area contributed by atoms with Crippen LogP contribution in [0.5, 0.6) is 0 Å². The van der Waals surface area contributed by atoms with Crippen molar-refractivity contribution in [1.29, 1.82) is 0 Å². The van der Waals surface area contributed by atoms with Gasteiger partial charge < -0.3 is 0 Å². The Labute approximate surface area is 124 Å². The fourth-order valence-corrected chi connectivity index (χ4v) is 10.5. The van der Waals surface area contributed by atoms with E-state index in [4.69, 9.17) is 0 Å². The minimum absolute atomic E-state index is 0.141. The summed E-state index contributed by atoms with van der Waals surface area (Å²) in [4.78, 5) is 0.141. The maximum Gasteiger partial charge on any atom is 0.294 e. The molecule has 0 aliphatic carbocycles. The van der Waals surface area contributed by atoms with Crippen molar-refractivity contribution in [2.24, 2.45) is 0 Å². The second-order valence-electron chi connectivity index (χ2n) is 5.50. The van der Waals surface area contributed by atoms with Crippen LogP contribution in [0.25, 0.3) is 0 Å². The molecule has 0 bridgehead atoms. The third-order valence-electron chi connectivity index (χ3n) is 3.92. The molecule has 0 heterocycles. The zero-order valence-electron chi connectivity index (χ0n) is 12.7. The molecule has 1 aromatic rings. The van der Waals surface area contributed by atoms with E-state index in [1.54, 1.807) is 12.1 Å². The molecule has 0 atom stereocenters. The Morgan fingerprint density at radius 3 is 1.80 bits per heavy atom. The standard InChI is InChI=1S/C15H26O3SSi/c1-4-11-20(12-5-2,13-6-3)15-10-8-7-9-14(15)19(16,17)18/h7-10H,4-6,11-13H2,1-3H3,(H,16,17,18). The summed E-state index contributed by atoms with van der Waals surface area (Å²) in [7, 11) is -6.00. The van der Waals surface area contributed by atoms with Gasteiger partial charge >= 0.3 is 0 Å². The molecule has 114 valence electrons. The SMILES string of the molecule is CCC[Si](CCC)(CCC)c1ccccc1S(=O)(=O)O. The minimum atomic E-state index is -4.14.